The van der Waals surface area contributed by atoms with Gasteiger partial charge in [0.05, 0.1) is 19.0 Å². The first-order valence-electron chi connectivity index (χ1n) is 7.24. The molecule has 0 fully saturated rings. The second kappa shape index (κ2) is 11.9. The third-order valence-corrected chi connectivity index (χ3v) is 4.34. The second-order valence-corrected chi connectivity index (χ2v) is 7.83. The molecule has 0 heterocycles. The molecule has 0 radical (unpaired) electrons. The first-order valence-corrected chi connectivity index (χ1v) is 9.68. The predicted molar refractivity (Wildman–Crippen MR) is 110 cm³/mol. The van der Waals surface area contributed by atoms with Crippen LogP contribution in [0.5, 0.6) is 0 Å². The van der Waals surface area contributed by atoms with Gasteiger partial charge in [-0.1, -0.05) is 29.8 Å². The summed E-state index contributed by atoms with van der Waals surface area (Å²) in [5, 5.41) is 3.89. The van der Waals surface area contributed by atoms with Gasteiger partial charge in [0.25, 0.3) is 0 Å². The van der Waals surface area contributed by atoms with Crippen LogP contribution in [0.4, 0.5) is 0 Å². The summed E-state index contributed by atoms with van der Waals surface area (Å²) in [6.45, 7) is 1.79. The molecule has 0 atom stereocenters. The normalized spacial score (nSPS) is 11.8. The third-order valence-electron chi connectivity index (χ3n) is 3.07. The minimum absolute atomic E-state index is 0. The molecule has 1 aromatic carbocycles. The Balaban J connectivity index is 0.00000529. The van der Waals surface area contributed by atoms with Gasteiger partial charge in [0.15, 0.2) is 5.96 Å². The van der Waals surface area contributed by atoms with E-state index in [1.54, 1.807) is 7.05 Å². The minimum atomic E-state index is -2.97. The zero-order valence-electron chi connectivity index (χ0n) is 14.2. The lowest BCUT2D eigenvalue weighted by Gasteiger charge is -2.22. The number of benzene rings is 1. The number of aliphatic imine (C=N–C) groups is 1. The van der Waals surface area contributed by atoms with Crippen molar-refractivity contribution in [1.82, 2.24) is 10.2 Å². The molecule has 9 heteroatoms. The molecule has 0 spiro atoms. The lowest BCUT2D eigenvalue weighted by molar-refractivity contribution is 0.153. The summed E-state index contributed by atoms with van der Waals surface area (Å²) in [5.41, 5.74) is 1.02. The van der Waals surface area contributed by atoms with Gasteiger partial charge in [0.1, 0.15) is 9.84 Å². The van der Waals surface area contributed by atoms with E-state index in [0.29, 0.717) is 19.7 Å². The number of nitrogens with zero attached hydrogens (tertiary/aromatic N) is 2. The highest BCUT2D eigenvalue weighted by atomic mass is 127. The highest BCUT2D eigenvalue weighted by molar-refractivity contribution is 14.0. The van der Waals surface area contributed by atoms with Crippen LogP contribution in [0.25, 0.3) is 0 Å². The molecule has 0 aliphatic carbocycles. The van der Waals surface area contributed by atoms with Crippen LogP contribution in [-0.4, -0.2) is 65.1 Å². The fourth-order valence-electron chi connectivity index (χ4n) is 1.89. The molecule has 0 amide bonds. The van der Waals surface area contributed by atoms with Crippen LogP contribution in [0.3, 0.4) is 0 Å². The largest absolute Gasteiger partial charge is 0.379 e. The lowest BCUT2D eigenvalue weighted by atomic mass is 10.2. The Labute approximate surface area is 166 Å². The van der Waals surface area contributed by atoms with E-state index in [2.05, 4.69) is 10.3 Å². The van der Waals surface area contributed by atoms with Crippen LogP contribution in [0.2, 0.25) is 5.02 Å². The first-order chi connectivity index (χ1) is 10.8. The summed E-state index contributed by atoms with van der Waals surface area (Å²) >= 11 is 6.16. The van der Waals surface area contributed by atoms with Crippen molar-refractivity contribution in [2.24, 2.45) is 4.99 Å². The Morgan fingerprint density at radius 2 is 2.00 bits per heavy atom. The minimum Gasteiger partial charge on any atom is -0.379 e. The lowest BCUT2D eigenvalue weighted by Crippen LogP contribution is -2.40. The molecule has 1 aromatic rings. The van der Waals surface area contributed by atoms with Crippen molar-refractivity contribution >= 4 is 51.4 Å². The van der Waals surface area contributed by atoms with Crippen LogP contribution in [0.1, 0.15) is 5.56 Å². The number of hydrogen-bond donors (Lipinski definition) is 1. The monoisotopic (exact) mass is 489 g/mol. The number of ether oxygens (including phenoxy) is 1. The standard InChI is InChI=1S/C15H24ClN3O3S.HI/c1-17-15(18-8-9-22-10-11-23(3,20)21)19(2)12-13-6-4-5-7-14(13)16;/h4-7H,8-12H2,1-3H3,(H,17,18);1H. The van der Waals surface area contributed by atoms with Crippen LogP contribution in [0, 0.1) is 0 Å². The van der Waals surface area contributed by atoms with Crippen LogP contribution < -0.4 is 5.32 Å². The average Bonchev–Trinajstić information content (AvgIpc) is 2.47. The number of hydrogen-bond acceptors (Lipinski definition) is 4. The van der Waals surface area contributed by atoms with Crippen molar-refractivity contribution in [3.8, 4) is 0 Å². The highest BCUT2D eigenvalue weighted by Gasteiger charge is 2.08. The van der Waals surface area contributed by atoms with Gasteiger partial charge >= 0.3 is 0 Å². The zero-order valence-corrected chi connectivity index (χ0v) is 18.1. The highest BCUT2D eigenvalue weighted by Crippen LogP contribution is 2.16. The topological polar surface area (TPSA) is 71.0 Å². The SMILES string of the molecule is CN=C(NCCOCCS(C)(=O)=O)N(C)Cc1ccccc1Cl.I. The quantitative estimate of drug-likeness (QED) is 0.262. The van der Waals surface area contributed by atoms with E-state index in [-0.39, 0.29) is 36.3 Å². The maximum absolute atomic E-state index is 11.0. The predicted octanol–water partition coefficient (Wildman–Crippen LogP) is 2.03. The first kappa shape index (κ1) is 23.4. The summed E-state index contributed by atoms with van der Waals surface area (Å²) < 4.78 is 27.2. The van der Waals surface area contributed by atoms with Crippen LogP contribution in [-0.2, 0) is 21.1 Å². The maximum Gasteiger partial charge on any atom is 0.193 e. The number of halogens is 2. The Hall–Kier alpha value is -0.580. The fourth-order valence-corrected chi connectivity index (χ4v) is 2.51. The molecular weight excluding hydrogens is 465 g/mol. The summed E-state index contributed by atoms with van der Waals surface area (Å²) in [4.78, 5) is 6.16. The van der Waals surface area contributed by atoms with E-state index in [1.807, 2.05) is 36.2 Å². The number of rotatable bonds is 8. The van der Waals surface area contributed by atoms with Gasteiger partial charge in [-0.05, 0) is 11.6 Å². The van der Waals surface area contributed by atoms with E-state index in [0.717, 1.165) is 16.5 Å². The Bertz CT molecular complexity index is 626. The van der Waals surface area contributed by atoms with Gasteiger partial charge < -0.3 is 15.0 Å². The van der Waals surface area contributed by atoms with Crippen molar-refractivity contribution in [2.75, 3.05) is 45.9 Å². The summed E-state index contributed by atoms with van der Waals surface area (Å²) in [7, 11) is 0.650. The summed E-state index contributed by atoms with van der Waals surface area (Å²) in [6.07, 6.45) is 1.19. The average molecular weight is 490 g/mol. The van der Waals surface area contributed by atoms with E-state index in [9.17, 15) is 8.42 Å². The molecule has 0 unspecified atom stereocenters. The maximum atomic E-state index is 11.0. The Morgan fingerprint density at radius 3 is 2.58 bits per heavy atom. The molecule has 0 aliphatic rings. The van der Waals surface area contributed by atoms with Gasteiger partial charge in [-0.2, -0.15) is 0 Å². The molecule has 0 aromatic heterocycles. The molecule has 138 valence electrons. The van der Waals surface area contributed by atoms with Crippen molar-refractivity contribution in [2.45, 2.75) is 6.54 Å². The number of guanidine groups is 1. The van der Waals surface area contributed by atoms with Gasteiger partial charge in [-0.25, -0.2) is 8.42 Å². The van der Waals surface area contributed by atoms with Crippen LogP contribution in [0.15, 0.2) is 29.3 Å². The van der Waals surface area contributed by atoms with Crippen molar-refractivity contribution < 1.29 is 13.2 Å². The number of sulfone groups is 1. The molecule has 0 saturated heterocycles. The van der Waals surface area contributed by atoms with Crippen molar-refractivity contribution in [3.05, 3.63) is 34.9 Å². The second-order valence-electron chi connectivity index (χ2n) is 5.16. The molecular formula is C15H25ClIN3O3S. The summed E-state index contributed by atoms with van der Waals surface area (Å²) in [6, 6.07) is 7.67. The van der Waals surface area contributed by atoms with Crippen molar-refractivity contribution in [3.63, 3.8) is 0 Å². The van der Waals surface area contributed by atoms with Gasteiger partial charge in [-0.15, -0.1) is 24.0 Å². The van der Waals surface area contributed by atoms with E-state index in [4.69, 9.17) is 16.3 Å². The molecule has 6 nitrogen and oxygen atoms in total. The van der Waals surface area contributed by atoms with Gasteiger partial charge in [0.2, 0.25) is 0 Å². The van der Waals surface area contributed by atoms with E-state index < -0.39 is 9.84 Å². The number of nitrogens with one attached hydrogen (secondary N) is 1. The fraction of sp³-hybridized carbons (Fsp3) is 0.533. The third kappa shape index (κ3) is 9.65. The molecule has 0 aliphatic heterocycles. The smallest absolute Gasteiger partial charge is 0.193 e. The van der Waals surface area contributed by atoms with Crippen molar-refractivity contribution in [1.29, 1.82) is 0 Å². The van der Waals surface area contributed by atoms with Crippen LogP contribution >= 0.6 is 35.6 Å². The van der Waals surface area contributed by atoms with Gasteiger partial charge in [-0.3, -0.25) is 4.99 Å². The van der Waals surface area contributed by atoms with E-state index >= 15 is 0 Å². The molecule has 0 saturated carbocycles. The molecule has 24 heavy (non-hydrogen) atoms. The molecule has 1 N–H and O–H groups in total. The Morgan fingerprint density at radius 1 is 1.33 bits per heavy atom. The molecule has 0 bridgehead atoms. The van der Waals surface area contributed by atoms with E-state index in [1.165, 1.54) is 6.26 Å². The Kier molecular flexibility index (Phi) is 11.6. The molecule has 1 rings (SSSR count). The zero-order chi connectivity index (χ0) is 17.3. The summed E-state index contributed by atoms with van der Waals surface area (Å²) in [5.74, 6) is 0.755. The van der Waals surface area contributed by atoms with Gasteiger partial charge in [0, 0.05) is 38.5 Å².